The summed E-state index contributed by atoms with van der Waals surface area (Å²) in [5.74, 6) is 2.27. The van der Waals surface area contributed by atoms with E-state index in [1.807, 2.05) is 12.1 Å². The fourth-order valence-electron chi connectivity index (χ4n) is 2.25. The lowest BCUT2D eigenvalue weighted by atomic mass is 10.2. The summed E-state index contributed by atoms with van der Waals surface area (Å²) < 4.78 is 21.7. The molecule has 0 fully saturated rings. The summed E-state index contributed by atoms with van der Waals surface area (Å²) in [7, 11) is 4.65. The van der Waals surface area contributed by atoms with Crippen LogP contribution in [0.3, 0.4) is 0 Å². The Kier molecular flexibility index (Phi) is 4.57. The van der Waals surface area contributed by atoms with Crippen molar-refractivity contribution in [3.05, 3.63) is 41.4 Å². The van der Waals surface area contributed by atoms with Crippen molar-refractivity contribution in [3.8, 4) is 40.2 Å². The summed E-state index contributed by atoms with van der Waals surface area (Å²) in [6, 6.07) is 10.7. The largest absolute Gasteiger partial charge is 0.493 e. The quantitative estimate of drug-likeness (QED) is 0.693. The number of benzene rings is 2. The van der Waals surface area contributed by atoms with E-state index >= 15 is 0 Å². The van der Waals surface area contributed by atoms with E-state index in [0.29, 0.717) is 39.6 Å². The molecule has 1 aromatic heterocycles. The Bertz CT molecular complexity index is 821. The van der Waals surface area contributed by atoms with Crippen LogP contribution in [0, 0.1) is 0 Å². The number of aromatic nitrogens is 2. The van der Waals surface area contributed by atoms with Gasteiger partial charge in [-0.3, -0.25) is 0 Å². The molecule has 3 aromatic rings. The molecule has 7 heteroatoms. The Hall–Kier alpha value is -2.73. The maximum absolute atomic E-state index is 5.89. The predicted octanol–water partition coefficient (Wildman–Crippen LogP) is 4.08. The van der Waals surface area contributed by atoms with E-state index in [0.717, 1.165) is 5.56 Å². The van der Waals surface area contributed by atoms with Gasteiger partial charge in [0, 0.05) is 16.1 Å². The Morgan fingerprint density at radius 1 is 0.792 bits per heavy atom. The number of hydrogen-bond acceptors (Lipinski definition) is 6. The van der Waals surface area contributed by atoms with E-state index in [-0.39, 0.29) is 0 Å². The second-order valence-electron chi connectivity index (χ2n) is 4.83. The zero-order valence-corrected chi connectivity index (χ0v) is 14.1. The fraction of sp³-hybridized carbons (Fsp3) is 0.176. The van der Waals surface area contributed by atoms with Gasteiger partial charge in [-0.25, -0.2) is 0 Å². The van der Waals surface area contributed by atoms with Crippen molar-refractivity contribution in [2.24, 2.45) is 0 Å². The monoisotopic (exact) mass is 346 g/mol. The van der Waals surface area contributed by atoms with Crippen LogP contribution in [0.25, 0.3) is 22.9 Å². The highest BCUT2D eigenvalue weighted by molar-refractivity contribution is 6.30. The lowest BCUT2D eigenvalue weighted by Gasteiger charge is -2.12. The van der Waals surface area contributed by atoms with Crippen LogP contribution in [0.4, 0.5) is 0 Å². The Morgan fingerprint density at radius 3 is 1.83 bits per heavy atom. The third-order valence-electron chi connectivity index (χ3n) is 3.43. The summed E-state index contributed by atoms with van der Waals surface area (Å²) in [4.78, 5) is 0. The van der Waals surface area contributed by atoms with Gasteiger partial charge < -0.3 is 18.6 Å². The molecule has 0 atom stereocenters. The SMILES string of the molecule is COc1cc(-c2nnc(-c3ccc(Cl)cc3)o2)cc(OC)c1OC. The first-order valence-corrected chi connectivity index (χ1v) is 7.44. The molecule has 0 aliphatic rings. The molecular weight excluding hydrogens is 332 g/mol. The molecule has 24 heavy (non-hydrogen) atoms. The molecule has 1 heterocycles. The van der Waals surface area contributed by atoms with E-state index in [1.54, 1.807) is 45.6 Å². The van der Waals surface area contributed by atoms with Crippen molar-refractivity contribution in [1.29, 1.82) is 0 Å². The molecule has 0 aliphatic heterocycles. The van der Waals surface area contributed by atoms with Gasteiger partial charge in [-0.15, -0.1) is 10.2 Å². The first-order valence-electron chi connectivity index (χ1n) is 7.06. The van der Waals surface area contributed by atoms with Gasteiger partial charge in [-0.05, 0) is 36.4 Å². The summed E-state index contributed by atoms with van der Waals surface area (Å²) in [6.07, 6.45) is 0. The highest BCUT2D eigenvalue weighted by atomic mass is 35.5. The molecule has 0 saturated carbocycles. The number of halogens is 1. The summed E-state index contributed by atoms with van der Waals surface area (Å²) >= 11 is 5.89. The van der Waals surface area contributed by atoms with Crippen molar-refractivity contribution in [2.45, 2.75) is 0 Å². The zero-order valence-electron chi connectivity index (χ0n) is 13.4. The Morgan fingerprint density at radius 2 is 1.33 bits per heavy atom. The molecule has 0 aliphatic carbocycles. The van der Waals surface area contributed by atoms with Gasteiger partial charge in [0.15, 0.2) is 11.5 Å². The van der Waals surface area contributed by atoms with Crippen molar-refractivity contribution < 1.29 is 18.6 Å². The Balaban J connectivity index is 2.02. The minimum atomic E-state index is 0.346. The maximum atomic E-state index is 5.89. The normalized spacial score (nSPS) is 10.5. The van der Waals surface area contributed by atoms with Gasteiger partial charge in [0.1, 0.15) is 0 Å². The molecule has 0 saturated heterocycles. The molecule has 124 valence electrons. The molecule has 0 spiro atoms. The van der Waals surface area contributed by atoms with Crippen LogP contribution < -0.4 is 14.2 Å². The highest BCUT2D eigenvalue weighted by Gasteiger charge is 2.18. The van der Waals surface area contributed by atoms with Gasteiger partial charge in [0.2, 0.25) is 17.5 Å². The van der Waals surface area contributed by atoms with E-state index in [2.05, 4.69) is 10.2 Å². The van der Waals surface area contributed by atoms with Gasteiger partial charge in [0.25, 0.3) is 0 Å². The molecule has 3 rings (SSSR count). The second kappa shape index (κ2) is 6.80. The van der Waals surface area contributed by atoms with Crippen molar-refractivity contribution in [2.75, 3.05) is 21.3 Å². The first-order chi connectivity index (χ1) is 11.7. The standard InChI is InChI=1S/C17H15ClN2O4/c1-21-13-8-11(9-14(22-2)15(13)23-3)17-20-19-16(24-17)10-4-6-12(18)7-5-10/h4-9H,1-3H3. The van der Waals surface area contributed by atoms with E-state index in [9.17, 15) is 0 Å². The average Bonchev–Trinajstić information content (AvgIpc) is 3.11. The lowest BCUT2D eigenvalue weighted by Crippen LogP contribution is -1.95. The zero-order chi connectivity index (χ0) is 17.1. The number of hydrogen-bond donors (Lipinski definition) is 0. The lowest BCUT2D eigenvalue weighted by molar-refractivity contribution is 0.324. The van der Waals surface area contributed by atoms with E-state index < -0.39 is 0 Å². The minimum absolute atomic E-state index is 0.346. The molecule has 0 unspecified atom stereocenters. The van der Waals surface area contributed by atoms with Crippen LogP contribution in [-0.4, -0.2) is 31.5 Å². The summed E-state index contributed by atoms with van der Waals surface area (Å²) in [6.45, 7) is 0. The van der Waals surface area contributed by atoms with Crippen LogP contribution in [0.15, 0.2) is 40.8 Å². The maximum Gasteiger partial charge on any atom is 0.248 e. The molecule has 6 nitrogen and oxygen atoms in total. The second-order valence-corrected chi connectivity index (χ2v) is 5.27. The third-order valence-corrected chi connectivity index (χ3v) is 3.68. The van der Waals surface area contributed by atoms with Gasteiger partial charge in [-0.2, -0.15) is 0 Å². The van der Waals surface area contributed by atoms with Crippen LogP contribution in [0.2, 0.25) is 5.02 Å². The third kappa shape index (κ3) is 3.00. The smallest absolute Gasteiger partial charge is 0.248 e. The molecule has 2 aromatic carbocycles. The van der Waals surface area contributed by atoms with Gasteiger partial charge in [-0.1, -0.05) is 11.6 Å². The molecule has 0 amide bonds. The molecule has 0 N–H and O–H groups in total. The average molecular weight is 347 g/mol. The topological polar surface area (TPSA) is 66.6 Å². The van der Waals surface area contributed by atoms with E-state index in [4.69, 9.17) is 30.2 Å². The predicted molar refractivity (Wildman–Crippen MR) is 89.8 cm³/mol. The summed E-state index contributed by atoms with van der Waals surface area (Å²) in [5.41, 5.74) is 1.45. The number of nitrogens with zero attached hydrogens (tertiary/aromatic N) is 2. The fourth-order valence-corrected chi connectivity index (χ4v) is 2.38. The van der Waals surface area contributed by atoms with Gasteiger partial charge in [0.05, 0.1) is 21.3 Å². The summed E-state index contributed by atoms with van der Waals surface area (Å²) in [5, 5.41) is 8.81. The first kappa shape index (κ1) is 16.1. The highest BCUT2D eigenvalue weighted by Crippen LogP contribution is 2.41. The molecule has 0 radical (unpaired) electrons. The van der Waals surface area contributed by atoms with E-state index in [1.165, 1.54) is 0 Å². The van der Waals surface area contributed by atoms with Crippen molar-refractivity contribution in [1.82, 2.24) is 10.2 Å². The van der Waals surface area contributed by atoms with Crippen molar-refractivity contribution >= 4 is 11.6 Å². The van der Waals surface area contributed by atoms with Crippen LogP contribution >= 0.6 is 11.6 Å². The molecule has 0 bridgehead atoms. The number of methoxy groups -OCH3 is 3. The van der Waals surface area contributed by atoms with Crippen LogP contribution in [-0.2, 0) is 0 Å². The minimum Gasteiger partial charge on any atom is -0.493 e. The number of rotatable bonds is 5. The molecular formula is C17H15ClN2O4. The number of ether oxygens (including phenoxy) is 3. The van der Waals surface area contributed by atoms with Crippen LogP contribution in [0.1, 0.15) is 0 Å². The van der Waals surface area contributed by atoms with Crippen LogP contribution in [0.5, 0.6) is 17.2 Å². The van der Waals surface area contributed by atoms with Gasteiger partial charge >= 0.3 is 0 Å². The van der Waals surface area contributed by atoms with Crippen molar-refractivity contribution in [3.63, 3.8) is 0 Å². The Labute approximate surface area is 143 Å².